The van der Waals surface area contributed by atoms with Crippen molar-refractivity contribution in [3.8, 4) is 0 Å². The van der Waals surface area contributed by atoms with E-state index in [1.807, 2.05) is 0 Å². The molecule has 2 nitrogen and oxygen atoms in total. The third-order valence-electron chi connectivity index (χ3n) is 5.76. The van der Waals surface area contributed by atoms with Crippen molar-refractivity contribution >= 4 is 0 Å². The molecule has 1 fully saturated rings. The van der Waals surface area contributed by atoms with Gasteiger partial charge in [0.15, 0.2) is 0 Å². The van der Waals surface area contributed by atoms with E-state index in [4.69, 9.17) is 0 Å². The monoisotopic (exact) mass is 370 g/mol. The standard InChI is InChI=1S/C26H30N2/c1-4-10-22(11-5-1)20-26(24-14-8-3-9-15-24)27-25-16-18-28(19-17-25)21-23-12-6-2-7-13-23/h1-15,25-27H,16-21H2/t26-/m1/s1. The highest BCUT2D eigenvalue weighted by atomic mass is 15.1. The maximum Gasteiger partial charge on any atom is 0.0363 e. The molecule has 0 amide bonds. The van der Waals surface area contributed by atoms with Crippen LogP contribution < -0.4 is 5.32 Å². The lowest BCUT2D eigenvalue weighted by Crippen LogP contribution is -2.43. The van der Waals surface area contributed by atoms with E-state index in [1.54, 1.807) is 0 Å². The second-order valence-electron chi connectivity index (χ2n) is 7.86. The second kappa shape index (κ2) is 9.68. The van der Waals surface area contributed by atoms with Crippen molar-refractivity contribution in [2.75, 3.05) is 13.1 Å². The van der Waals surface area contributed by atoms with Gasteiger partial charge < -0.3 is 5.32 Å². The van der Waals surface area contributed by atoms with Crippen LogP contribution in [0.25, 0.3) is 0 Å². The van der Waals surface area contributed by atoms with Gasteiger partial charge in [-0.1, -0.05) is 91.0 Å². The summed E-state index contributed by atoms with van der Waals surface area (Å²) in [7, 11) is 0. The average Bonchev–Trinajstić information content (AvgIpc) is 2.77. The van der Waals surface area contributed by atoms with Crippen LogP contribution in [-0.2, 0) is 13.0 Å². The van der Waals surface area contributed by atoms with Crippen molar-refractivity contribution < 1.29 is 0 Å². The van der Waals surface area contributed by atoms with Crippen LogP contribution in [0.4, 0.5) is 0 Å². The number of piperidine rings is 1. The molecule has 0 bridgehead atoms. The first-order valence-electron chi connectivity index (χ1n) is 10.5. The van der Waals surface area contributed by atoms with Gasteiger partial charge in [-0.05, 0) is 49.0 Å². The van der Waals surface area contributed by atoms with Crippen molar-refractivity contribution in [1.82, 2.24) is 10.2 Å². The fourth-order valence-corrected chi connectivity index (χ4v) is 4.19. The molecular formula is C26H30N2. The van der Waals surface area contributed by atoms with E-state index in [9.17, 15) is 0 Å². The zero-order valence-electron chi connectivity index (χ0n) is 16.5. The van der Waals surface area contributed by atoms with Crippen molar-refractivity contribution in [2.24, 2.45) is 0 Å². The maximum absolute atomic E-state index is 3.98. The molecule has 3 aromatic carbocycles. The Balaban J connectivity index is 1.36. The smallest absolute Gasteiger partial charge is 0.0363 e. The van der Waals surface area contributed by atoms with Crippen molar-refractivity contribution in [1.29, 1.82) is 0 Å². The van der Waals surface area contributed by atoms with Crippen molar-refractivity contribution in [3.63, 3.8) is 0 Å². The van der Waals surface area contributed by atoms with E-state index in [1.165, 1.54) is 42.6 Å². The molecule has 1 N–H and O–H groups in total. The molecule has 1 heterocycles. The lowest BCUT2D eigenvalue weighted by atomic mass is 9.96. The fraction of sp³-hybridized carbons (Fsp3) is 0.308. The molecule has 1 aliphatic heterocycles. The summed E-state index contributed by atoms with van der Waals surface area (Å²) in [6.45, 7) is 3.40. The van der Waals surface area contributed by atoms with Gasteiger partial charge in [0.25, 0.3) is 0 Å². The van der Waals surface area contributed by atoms with Gasteiger partial charge in [0, 0.05) is 18.6 Å². The largest absolute Gasteiger partial charge is 0.307 e. The summed E-state index contributed by atoms with van der Waals surface area (Å²) in [5.41, 5.74) is 4.20. The summed E-state index contributed by atoms with van der Waals surface area (Å²) in [6, 6.07) is 33.5. The summed E-state index contributed by atoms with van der Waals surface area (Å²) in [6.07, 6.45) is 3.46. The molecule has 0 spiro atoms. The Bertz CT molecular complexity index is 809. The number of likely N-dealkylation sites (tertiary alicyclic amines) is 1. The molecule has 2 heteroatoms. The third kappa shape index (κ3) is 5.31. The molecule has 0 unspecified atom stereocenters. The van der Waals surface area contributed by atoms with Gasteiger partial charge in [-0.15, -0.1) is 0 Å². The van der Waals surface area contributed by atoms with Crippen LogP contribution >= 0.6 is 0 Å². The average molecular weight is 371 g/mol. The molecule has 4 rings (SSSR count). The number of benzene rings is 3. The highest BCUT2D eigenvalue weighted by Gasteiger charge is 2.22. The Hall–Kier alpha value is -2.42. The van der Waals surface area contributed by atoms with Crippen molar-refractivity contribution in [3.05, 3.63) is 108 Å². The summed E-state index contributed by atoms with van der Waals surface area (Å²) < 4.78 is 0. The van der Waals surface area contributed by atoms with Gasteiger partial charge in [0.05, 0.1) is 0 Å². The number of nitrogens with one attached hydrogen (secondary N) is 1. The SMILES string of the molecule is c1ccc(C[C@@H](NC2CCN(Cc3ccccc3)CC2)c2ccccc2)cc1. The predicted molar refractivity (Wildman–Crippen MR) is 117 cm³/mol. The molecule has 0 aliphatic carbocycles. The molecule has 0 radical (unpaired) electrons. The maximum atomic E-state index is 3.98. The van der Waals surface area contributed by atoms with Crippen molar-refractivity contribution in [2.45, 2.75) is 37.9 Å². The normalized spacial score (nSPS) is 16.7. The minimum absolute atomic E-state index is 0.370. The minimum Gasteiger partial charge on any atom is -0.307 e. The third-order valence-corrected chi connectivity index (χ3v) is 5.76. The summed E-state index contributed by atoms with van der Waals surface area (Å²) >= 11 is 0. The number of nitrogens with zero attached hydrogens (tertiary/aromatic N) is 1. The van der Waals surface area contributed by atoms with Gasteiger partial charge in [0.1, 0.15) is 0 Å². The highest BCUT2D eigenvalue weighted by molar-refractivity contribution is 5.24. The zero-order chi connectivity index (χ0) is 19.0. The summed E-state index contributed by atoms with van der Waals surface area (Å²) in [5.74, 6) is 0. The molecule has 1 aliphatic rings. The predicted octanol–water partition coefficient (Wildman–Crippen LogP) is 5.22. The lowest BCUT2D eigenvalue weighted by Gasteiger charge is -2.35. The van der Waals surface area contributed by atoms with Gasteiger partial charge >= 0.3 is 0 Å². The molecule has 3 aromatic rings. The Morgan fingerprint density at radius 1 is 0.714 bits per heavy atom. The second-order valence-corrected chi connectivity index (χ2v) is 7.86. The Morgan fingerprint density at radius 3 is 1.86 bits per heavy atom. The molecule has 1 saturated heterocycles. The van der Waals surface area contributed by atoms with Gasteiger partial charge in [-0.2, -0.15) is 0 Å². The Kier molecular flexibility index (Phi) is 6.54. The van der Waals surface area contributed by atoms with Gasteiger partial charge in [-0.25, -0.2) is 0 Å². The van der Waals surface area contributed by atoms with Crippen LogP contribution in [0.5, 0.6) is 0 Å². The molecule has 0 saturated carbocycles. The van der Waals surface area contributed by atoms with Gasteiger partial charge in [0.2, 0.25) is 0 Å². The number of hydrogen-bond acceptors (Lipinski definition) is 2. The van der Waals surface area contributed by atoms with Crippen LogP contribution in [0.1, 0.15) is 35.6 Å². The molecule has 28 heavy (non-hydrogen) atoms. The minimum atomic E-state index is 0.370. The highest BCUT2D eigenvalue weighted by Crippen LogP contribution is 2.22. The first kappa shape index (κ1) is 18.9. The first-order chi connectivity index (χ1) is 13.9. The van der Waals surface area contributed by atoms with E-state index in [-0.39, 0.29) is 0 Å². The van der Waals surface area contributed by atoms with E-state index < -0.39 is 0 Å². The van der Waals surface area contributed by atoms with E-state index in [0.29, 0.717) is 12.1 Å². The molecular weight excluding hydrogens is 340 g/mol. The first-order valence-corrected chi connectivity index (χ1v) is 10.5. The van der Waals surface area contributed by atoms with Crippen LogP contribution in [0, 0.1) is 0 Å². The Labute approximate surface area is 169 Å². The topological polar surface area (TPSA) is 15.3 Å². The zero-order valence-corrected chi connectivity index (χ0v) is 16.5. The number of hydrogen-bond donors (Lipinski definition) is 1. The van der Waals surface area contributed by atoms with E-state index in [0.717, 1.165) is 13.0 Å². The van der Waals surface area contributed by atoms with E-state index in [2.05, 4.69) is 101 Å². The van der Waals surface area contributed by atoms with Gasteiger partial charge in [-0.3, -0.25) is 4.90 Å². The molecule has 0 aromatic heterocycles. The fourth-order valence-electron chi connectivity index (χ4n) is 4.19. The molecule has 144 valence electrons. The number of rotatable bonds is 7. The van der Waals surface area contributed by atoms with E-state index >= 15 is 0 Å². The van der Waals surface area contributed by atoms with Crippen LogP contribution in [-0.4, -0.2) is 24.0 Å². The quantitative estimate of drug-likeness (QED) is 0.613. The summed E-state index contributed by atoms with van der Waals surface area (Å²) in [5, 5.41) is 3.98. The summed E-state index contributed by atoms with van der Waals surface area (Å²) in [4.78, 5) is 2.59. The Morgan fingerprint density at radius 2 is 1.25 bits per heavy atom. The van der Waals surface area contributed by atoms with Crippen LogP contribution in [0.3, 0.4) is 0 Å². The molecule has 1 atom stereocenters. The van der Waals surface area contributed by atoms with Crippen LogP contribution in [0.2, 0.25) is 0 Å². The van der Waals surface area contributed by atoms with Crippen LogP contribution in [0.15, 0.2) is 91.0 Å². The lowest BCUT2D eigenvalue weighted by molar-refractivity contribution is 0.183.